The third kappa shape index (κ3) is 7.51. The molecule has 32 heavy (non-hydrogen) atoms. The first-order valence-corrected chi connectivity index (χ1v) is 9.89. The highest BCUT2D eigenvalue weighted by Gasteiger charge is 2.21. The van der Waals surface area contributed by atoms with Gasteiger partial charge in [-0.05, 0) is 11.1 Å². The lowest BCUT2D eigenvalue weighted by molar-refractivity contribution is -0.154. The quantitative estimate of drug-likeness (QED) is 0.234. The standard InChI is InChI=1S/C23H27N3O6/c1-24-22(27)21(26-30-3)19-12-8-7-11-18(19)16-31-14-13-25-32-20(23(28)29-2)15-17-9-5-4-6-10-17/h4-13,20H,14-16H2,1-3H3,(H,24,27)/b25-13+,26-21+. The fraction of sp³-hybridized carbons (Fsp3) is 0.304. The lowest BCUT2D eigenvalue weighted by Crippen LogP contribution is -2.29. The lowest BCUT2D eigenvalue weighted by atomic mass is 10.0. The fourth-order valence-corrected chi connectivity index (χ4v) is 2.79. The van der Waals surface area contributed by atoms with E-state index < -0.39 is 12.1 Å². The maximum atomic E-state index is 12.1. The lowest BCUT2D eigenvalue weighted by Gasteiger charge is -2.12. The Bertz CT molecular complexity index is 930. The van der Waals surface area contributed by atoms with E-state index in [2.05, 4.69) is 15.6 Å². The molecule has 0 aliphatic rings. The van der Waals surface area contributed by atoms with Crippen molar-refractivity contribution in [3.8, 4) is 0 Å². The minimum atomic E-state index is -0.861. The zero-order valence-corrected chi connectivity index (χ0v) is 18.3. The van der Waals surface area contributed by atoms with E-state index in [-0.39, 0.29) is 24.8 Å². The minimum absolute atomic E-state index is 0.129. The average molecular weight is 441 g/mol. The Labute approximate surface area is 187 Å². The van der Waals surface area contributed by atoms with Crippen molar-refractivity contribution in [3.63, 3.8) is 0 Å². The molecule has 0 spiro atoms. The number of hydrogen-bond acceptors (Lipinski definition) is 8. The van der Waals surface area contributed by atoms with Gasteiger partial charge in [-0.25, -0.2) is 4.79 Å². The van der Waals surface area contributed by atoms with Crippen LogP contribution in [-0.2, 0) is 41.8 Å². The molecule has 0 saturated heterocycles. The van der Waals surface area contributed by atoms with Gasteiger partial charge in [-0.1, -0.05) is 64.9 Å². The van der Waals surface area contributed by atoms with Crippen molar-refractivity contribution < 1.29 is 28.7 Å². The van der Waals surface area contributed by atoms with E-state index in [1.165, 1.54) is 27.5 Å². The molecule has 170 valence electrons. The van der Waals surface area contributed by atoms with Gasteiger partial charge in [0.25, 0.3) is 5.91 Å². The van der Waals surface area contributed by atoms with Crippen molar-refractivity contribution in [2.75, 3.05) is 27.9 Å². The van der Waals surface area contributed by atoms with Crippen molar-refractivity contribution in [2.24, 2.45) is 10.3 Å². The molecular weight excluding hydrogens is 414 g/mol. The van der Waals surface area contributed by atoms with Gasteiger partial charge in [-0.15, -0.1) is 0 Å². The third-order valence-electron chi connectivity index (χ3n) is 4.34. The van der Waals surface area contributed by atoms with Crippen LogP contribution in [-0.4, -0.2) is 57.8 Å². The van der Waals surface area contributed by atoms with Gasteiger partial charge in [0, 0.05) is 19.0 Å². The molecule has 0 fully saturated rings. The molecule has 0 heterocycles. The number of nitrogens with one attached hydrogen (secondary N) is 1. The Kier molecular flexibility index (Phi) is 10.4. The number of benzene rings is 2. The predicted molar refractivity (Wildman–Crippen MR) is 119 cm³/mol. The van der Waals surface area contributed by atoms with Gasteiger partial charge in [0.05, 0.1) is 26.5 Å². The molecule has 2 aromatic rings. The van der Waals surface area contributed by atoms with E-state index in [0.29, 0.717) is 12.0 Å². The molecule has 0 aromatic heterocycles. The van der Waals surface area contributed by atoms with Crippen LogP contribution in [0.5, 0.6) is 0 Å². The summed E-state index contributed by atoms with van der Waals surface area (Å²) in [5.74, 6) is -0.887. The number of methoxy groups -OCH3 is 1. The van der Waals surface area contributed by atoms with Crippen molar-refractivity contribution in [3.05, 3.63) is 71.3 Å². The first kappa shape index (κ1) is 24.5. The van der Waals surface area contributed by atoms with Crippen LogP contribution in [0.2, 0.25) is 0 Å². The van der Waals surface area contributed by atoms with Crippen LogP contribution in [0, 0.1) is 0 Å². The van der Waals surface area contributed by atoms with E-state index in [0.717, 1.165) is 11.1 Å². The number of nitrogens with zero attached hydrogens (tertiary/aromatic N) is 2. The molecule has 0 aliphatic carbocycles. The number of rotatable bonds is 12. The molecule has 1 unspecified atom stereocenters. The molecule has 1 N–H and O–H groups in total. The highest BCUT2D eigenvalue weighted by atomic mass is 16.7. The Morgan fingerprint density at radius 2 is 1.78 bits per heavy atom. The third-order valence-corrected chi connectivity index (χ3v) is 4.34. The van der Waals surface area contributed by atoms with Gasteiger partial charge in [0.15, 0.2) is 5.71 Å². The monoisotopic (exact) mass is 441 g/mol. The number of carbonyl (C=O) groups excluding carboxylic acids is 2. The van der Waals surface area contributed by atoms with Crippen LogP contribution in [0.1, 0.15) is 16.7 Å². The summed E-state index contributed by atoms with van der Waals surface area (Å²) in [6.45, 7) is 0.330. The zero-order chi connectivity index (χ0) is 23.2. The molecule has 9 nitrogen and oxygen atoms in total. The summed E-state index contributed by atoms with van der Waals surface area (Å²) in [6.07, 6.45) is 0.881. The van der Waals surface area contributed by atoms with Crippen LogP contribution in [0.4, 0.5) is 0 Å². The number of carbonyl (C=O) groups is 2. The summed E-state index contributed by atoms with van der Waals surface area (Å²) in [4.78, 5) is 34.2. The first-order chi connectivity index (χ1) is 15.6. The summed E-state index contributed by atoms with van der Waals surface area (Å²) in [5, 5.41) is 10.2. The van der Waals surface area contributed by atoms with Crippen molar-refractivity contribution in [2.45, 2.75) is 19.1 Å². The molecule has 2 aromatic carbocycles. The second-order valence-corrected chi connectivity index (χ2v) is 6.47. The molecule has 0 bridgehead atoms. The Morgan fingerprint density at radius 3 is 2.47 bits per heavy atom. The van der Waals surface area contributed by atoms with Crippen LogP contribution >= 0.6 is 0 Å². The van der Waals surface area contributed by atoms with Crippen LogP contribution in [0.15, 0.2) is 64.9 Å². The Hall–Kier alpha value is -3.72. The Morgan fingerprint density at radius 1 is 1.06 bits per heavy atom. The van der Waals surface area contributed by atoms with E-state index in [9.17, 15) is 9.59 Å². The van der Waals surface area contributed by atoms with E-state index in [1.54, 1.807) is 12.1 Å². The summed E-state index contributed by atoms with van der Waals surface area (Å²) < 4.78 is 10.4. The maximum Gasteiger partial charge on any atom is 0.350 e. The zero-order valence-electron chi connectivity index (χ0n) is 18.3. The van der Waals surface area contributed by atoms with Crippen LogP contribution < -0.4 is 5.32 Å². The summed E-state index contributed by atoms with van der Waals surface area (Å²) >= 11 is 0. The molecule has 0 radical (unpaired) electrons. The van der Waals surface area contributed by atoms with Gasteiger partial charge in [0.1, 0.15) is 7.11 Å². The topological polar surface area (TPSA) is 108 Å². The number of amides is 1. The molecular formula is C23H27N3O6. The van der Waals surface area contributed by atoms with E-state index in [1.807, 2.05) is 42.5 Å². The number of likely N-dealkylation sites (N-methyl/N-ethyl adjacent to an activating group) is 1. The largest absolute Gasteiger partial charge is 0.466 e. The van der Waals surface area contributed by atoms with Gasteiger partial charge < -0.3 is 24.5 Å². The molecule has 2 rings (SSSR count). The van der Waals surface area contributed by atoms with E-state index in [4.69, 9.17) is 19.1 Å². The molecule has 1 atom stereocenters. The first-order valence-electron chi connectivity index (χ1n) is 9.89. The second kappa shape index (κ2) is 13.6. The van der Waals surface area contributed by atoms with Crippen LogP contribution in [0.3, 0.4) is 0 Å². The second-order valence-electron chi connectivity index (χ2n) is 6.47. The number of ether oxygens (including phenoxy) is 2. The van der Waals surface area contributed by atoms with Gasteiger partial charge >= 0.3 is 5.97 Å². The average Bonchev–Trinajstić information content (AvgIpc) is 2.84. The number of esters is 1. The SMILES string of the molecule is CNC(=O)/C(=N/OC)c1ccccc1COC/C=N/OC(Cc1ccccc1)C(=O)OC. The van der Waals surface area contributed by atoms with Crippen molar-refractivity contribution in [1.29, 1.82) is 0 Å². The molecule has 0 aliphatic heterocycles. The van der Waals surface area contributed by atoms with Crippen molar-refractivity contribution >= 4 is 23.8 Å². The minimum Gasteiger partial charge on any atom is -0.466 e. The molecule has 0 saturated carbocycles. The smallest absolute Gasteiger partial charge is 0.350 e. The fourth-order valence-electron chi connectivity index (χ4n) is 2.79. The highest BCUT2D eigenvalue weighted by Crippen LogP contribution is 2.12. The normalized spacial score (nSPS) is 12.3. The highest BCUT2D eigenvalue weighted by molar-refractivity contribution is 6.45. The molecule has 9 heteroatoms. The summed E-state index contributed by atoms with van der Waals surface area (Å²) in [7, 11) is 4.19. The van der Waals surface area contributed by atoms with Gasteiger partial charge in [-0.2, -0.15) is 0 Å². The summed E-state index contributed by atoms with van der Waals surface area (Å²) in [6, 6.07) is 16.6. The van der Waals surface area contributed by atoms with E-state index >= 15 is 0 Å². The predicted octanol–water partition coefficient (Wildman–Crippen LogP) is 2.09. The Balaban J connectivity index is 1.93. The van der Waals surface area contributed by atoms with Gasteiger partial charge in [-0.3, -0.25) is 4.79 Å². The van der Waals surface area contributed by atoms with Crippen molar-refractivity contribution in [1.82, 2.24) is 5.32 Å². The van der Waals surface area contributed by atoms with Crippen LogP contribution in [0.25, 0.3) is 0 Å². The maximum absolute atomic E-state index is 12.1. The summed E-state index contributed by atoms with van der Waals surface area (Å²) in [5.41, 5.74) is 2.41. The number of oxime groups is 2. The van der Waals surface area contributed by atoms with Gasteiger partial charge in [0.2, 0.25) is 6.10 Å². The molecule has 1 amide bonds. The number of hydrogen-bond donors (Lipinski definition) is 1.